The Hall–Kier alpha value is -3.31. The number of esters is 1. The molecule has 2 aromatic rings. The molecule has 1 atom stereocenters. The van der Waals surface area contributed by atoms with Crippen molar-refractivity contribution in [1.82, 2.24) is 4.98 Å². The summed E-state index contributed by atoms with van der Waals surface area (Å²) in [4.78, 5) is 15.5. The van der Waals surface area contributed by atoms with Crippen molar-refractivity contribution in [3.63, 3.8) is 0 Å². The van der Waals surface area contributed by atoms with Gasteiger partial charge in [0.1, 0.15) is 5.75 Å². The summed E-state index contributed by atoms with van der Waals surface area (Å²) >= 11 is 0. The Morgan fingerprint density at radius 2 is 1.72 bits per heavy atom. The van der Waals surface area contributed by atoms with E-state index < -0.39 is 6.10 Å². The lowest BCUT2D eigenvalue weighted by Crippen LogP contribution is -2.28. The second-order valence-corrected chi connectivity index (χ2v) is 7.63. The number of hydrogen-bond donors (Lipinski definition) is 1. The van der Waals surface area contributed by atoms with Crippen LogP contribution in [0.5, 0.6) is 5.75 Å². The molecule has 4 rings (SSSR count). The predicted octanol–water partition coefficient (Wildman–Crippen LogP) is 5.40. The quantitative estimate of drug-likeness (QED) is 0.341. The van der Waals surface area contributed by atoms with E-state index >= 15 is 0 Å². The minimum Gasteiger partial charge on any atom is -0.493 e. The fourth-order valence-electron chi connectivity index (χ4n) is 4.14. The number of aromatic nitrogens is 1. The number of fused-ring (bicyclic) bond motifs is 3. The molecule has 1 heterocycles. The minimum absolute atomic E-state index is 0.319. The first-order valence-corrected chi connectivity index (χ1v) is 11.2. The first-order chi connectivity index (χ1) is 15.7. The van der Waals surface area contributed by atoms with Gasteiger partial charge in [-0.3, -0.25) is 0 Å². The molecule has 2 aliphatic rings. The lowest BCUT2D eigenvalue weighted by atomic mass is 10.1. The van der Waals surface area contributed by atoms with Crippen molar-refractivity contribution in [1.29, 1.82) is 0 Å². The zero-order valence-corrected chi connectivity index (χ0v) is 18.6. The molecule has 166 valence electrons. The second kappa shape index (κ2) is 10.3. The van der Waals surface area contributed by atoms with Crippen LogP contribution in [0.25, 0.3) is 22.0 Å². The zero-order valence-electron chi connectivity index (χ0n) is 18.6. The molecule has 0 saturated carbocycles. The third kappa shape index (κ3) is 4.78. The van der Waals surface area contributed by atoms with Crippen LogP contribution < -0.4 is 4.74 Å². The van der Waals surface area contributed by atoms with Crippen molar-refractivity contribution in [2.24, 2.45) is 0 Å². The smallest absolute Gasteiger partial charge is 0.335 e. The molecule has 1 N–H and O–H groups in total. The summed E-state index contributed by atoms with van der Waals surface area (Å²) in [6.07, 6.45) is 2.67. The number of H-pyrrole nitrogens is 1. The number of aromatic amines is 1. The maximum absolute atomic E-state index is 12.1. The van der Waals surface area contributed by atoms with Crippen LogP contribution in [0.4, 0.5) is 0 Å². The molecule has 32 heavy (non-hydrogen) atoms. The van der Waals surface area contributed by atoms with Crippen LogP contribution in [0.15, 0.2) is 66.9 Å². The van der Waals surface area contributed by atoms with Gasteiger partial charge in [-0.1, -0.05) is 42.5 Å². The SMILES string of the molecule is CCOC(=O)C(Cc1ccc(OCCc2c3[nH]cccc-3c3ccccc23)cc1)OCC. The van der Waals surface area contributed by atoms with Crippen LogP contribution in [-0.4, -0.2) is 36.9 Å². The number of carbonyl (C=O) groups excluding carboxylic acids is 1. The number of rotatable bonds is 10. The molecule has 0 radical (unpaired) electrons. The fraction of sp³-hybridized carbons (Fsp3) is 0.296. The van der Waals surface area contributed by atoms with Gasteiger partial charge >= 0.3 is 5.97 Å². The van der Waals surface area contributed by atoms with Gasteiger partial charge in [-0.25, -0.2) is 4.79 Å². The van der Waals surface area contributed by atoms with Crippen molar-refractivity contribution in [2.45, 2.75) is 32.8 Å². The first kappa shape index (κ1) is 21.9. The molecule has 1 aliphatic heterocycles. The summed E-state index contributed by atoms with van der Waals surface area (Å²) in [6.45, 7) is 5.07. The molecule has 1 aliphatic carbocycles. The summed E-state index contributed by atoms with van der Waals surface area (Å²) in [6, 6.07) is 20.5. The third-order valence-electron chi connectivity index (χ3n) is 5.58. The fourth-order valence-corrected chi connectivity index (χ4v) is 4.14. The van der Waals surface area contributed by atoms with Gasteiger partial charge < -0.3 is 19.2 Å². The van der Waals surface area contributed by atoms with Gasteiger partial charge in [0.15, 0.2) is 6.10 Å². The maximum Gasteiger partial charge on any atom is 0.335 e. The van der Waals surface area contributed by atoms with Gasteiger partial charge in [-0.05, 0) is 53.9 Å². The van der Waals surface area contributed by atoms with Crippen LogP contribution in [0.2, 0.25) is 0 Å². The molecule has 0 bridgehead atoms. The van der Waals surface area contributed by atoms with Crippen LogP contribution in [0.1, 0.15) is 25.0 Å². The predicted molar refractivity (Wildman–Crippen MR) is 126 cm³/mol. The van der Waals surface area contributed by atoms with E-state index in [-0.39, 0.29) is 5.97 Å². The van der Waals surface area contributed by atoms with E-state index in [0.717, 1.165) is 17.7 Å². The lowest BCUT2D eigenvalue weighted by Gasteiger charge is -2.16. The van der Waals surface area contributed by atoms with Crippen molar-refractivity contribution in [2.75, 3.05) is 19.8 Å². The summed E-state index contributed by atoms with van der Waals surface area (Å²) in [5, 5.41) is 2.54. The lowest BCUT2D eigenvalue weighted by molar-refractivity contribution is -0.156. The number of pyridine rings is 1. The Labute approximate surface area is 188 Å². The molecule has 2 aromatic carbocycles. The number of ether oxygens (including phenoxy) is 3. The first-order valence-electron chi connectivity index (χ1n) is 11.2. The average molecular weight is 432 g/mol. The Kier molecular flexibility index (Phi) is 7.07. The highest BCUT2D eigenvalue weighted by Gasteiger charge is 2.20. The number of carbonyl (C=O) groups is 1. The minimum atomic E-state index is -0.582. The summed E-state index contributed by atoms with van der Waals surface area (Å²) < 4.78 is 16.7. The standard InChI is InChI=1S/C27H29NO4/c1-3-30-25(27(29)31-4-2)18-19-11-13-20(14-12-19)32-17-15-24-22-9-6-5-8-21(22)23-10-7-16-28-26(23)24/h5-14,16,25,28H,3-4,15,17-18H2,1-2H3. The molecule has 5 nitrogen and oxygen atoms in total. The largest absolute Gasteiger partial charge is 0.493 e. The van der Waals surface area contributed by atoms with Gasteiger partial charge in [0.25, 0.3) is 0 Å². The van der Waals surface area contributed by atoms with E-state index in [0.29, 0.717) is 26.2 Å². The highest BCUT2D eigenvalue weighted by molar-refractivity contribution is 6.04. The van der Waals surface area contributed by atoms with E-state index in [1.54, 1.807) is 6.92 Å². The van der Waals surface area contributed by atoms with Crippen LogP contribution in [0, 0.1) is 0 Å². The van der Waals surface area contributed by atoms with Crippen LogP contribution in [0.3, 0.4) is 0 Å². The molecule has 5 heteroatoms. The normalized spacial score (nSPS) is 12.2. The van der Waals surface area contributed by atoms with Gasteiger partial charge in [0, 0.05) is 36.9 Å². The van der Waals surface area contributed by atoms with Gasteiger partial charge in [-0.2, -0.15) is 0 Å². The molecule has 0 saturated heterocycles. The molecule has 0 amide bonds. The molecular weight excluding hydrogens is 402 g/mol. The Bertz CT molecular complexity index is 1130. The molecule has 0 spiro atoms. The average Bonchev–Trinajstić information content (AvgIpc) is 3.14. The summed E-state index contributed by atoms with van der Waals surface area (Å²) in [5.74, 6) is 0.489. The Balaban J connectivity index is 1.39. The Morgan fingerprint density at radius 1 is 0.938 bits per heavy atom. The Morgan fingerprint density at radius 3 is 2.47 bits per heavy atom. The van der Waals surface area contributed by atoms with Gasteiger partial charge in [0.2, 0.25) is 0 Å². The number of hydrogen-bond acceptors (Lipinski definition) is 4. The maximum atomic E-state index is 12.1. The van der Waals surface area contributed by atoms with Crippen LogP contribution >= 0.6 is 0 Å². The van der Waals surface area contributed by atoms with Crippen molar-refractivity contribution in [3.05, 3.63) is 78.0 Å². The van der Waals surface area contributed by atoms with E-state index in [2.05, 4.69) is 35.3 Å². The number of nitrogens with one attached hydrogen (secondary N) is 1. The monoisotopic (exact) mass is 431 g/mol. The van der Waals surface area contributed by atoms with Crippen molar-refractivity contribution in [3.8, 4) is 17.0 Å². The van der Waals surface area contributed by atoms with Crippen molar-refractivity contribution < 1.29 is 19.0 Å². The zero-order chi connectivity index (χ0) is 22.3. The van der Waals surface area contributed by atoms with E-state index in [4.69, 9.17) is 14.2 Å². The van der Waals surface area contributed by atoms with Gasteiger partial charge in [-0.15, -0.1) is 0 Å². The molecule has 0 fully saturated rings. The third-order valence-corrected chi connectivity index (χ3v) is 5.58. The van der Waals surface area contributed by atoms with Crippen molar-refractivity contribution >= 4 is 16.7 Å². The van der Waals surface area contributed by atoms with E-state index in [1.165, 1.54) is 27.6 Å². The van der Waals surface area contributed by atoms with Gasteiger partial charge in [0.05, 0.1) is 13.2 Å². The van der Waals surface area contributed by atoms with E-state index in [9.17, 15) is 4.79 Å². The highest BCUT2D eigenvalue weighted by atomic mass is 16.6. The molecule has 0 aromatic heterocycles. The molecule has 1 unspecified atom stereocenters. The summed E-state index contributed by atoms with van der Waals surface area (Å²) in [7, 11) is 0. The summed E-state index contributed by atoms with van der Waals surface area (Å²) in [5.41, 5.74) is 4.70. The van der Waals surface area contributed by atoms with Crippen LogP contribution in [-0.2, 0) is 27.1 Å². The molecular formula is C27H29NO4. The second-order valence-electron chi connectivity index (χ2n) is 7.63. The topological polar surface area (TPSA) is 60.5 Å². The highest BCUT2D eigenvalue weighted by Crippen LogP contribution is 2.37. The number of benzene rings is 2. The van der Waals surface area contributed by atoms with E-state index in [1.807, 2.05) is 43.5 Å².